The van der Waals surface area contributed by atoms with Crippen LogP contribution in [-0.2, 0) is 11.3 Å². The molecule has 116 valence electrons. The number of rotatable bonds is 3. The summed E-state index contributed by atoms with van der Waals surface area (Å²) in [4.78, 5) is 21.9. The molecule has 0 fully saturated rings. The highest BCUT2D eigenvalue weighted by Gasteiger charge is 2.18. The largest absolute Gasteiger partial charge is 0.444 e. The third kappa shape index (κ3) is 3.40. The molecule has 0 aliphatic rings. The predicted molar refractivity (Wildman–Crippen MR) is 89.6 cm³/mol. The maximum atomic E-state index is 12.3. The standard InChI is InChI=1S/C17H14ClN3O2/c1-21(17(22)23-11-12-7-3-2-4-8-12)15-13-9-5-6-10-14(13)19-16(18)20-15/h2-10H,11H2,1H3. The number of para-hydroxylation sites is 1. The zero-order valence-electron chi connectivity index (χ0n) is 12.4. The fourth-order valence-corrected chi connectivity index (χ4v) is 2.36. The van der Waals surface area contributed by atoms with E-state index in [9.17, 15) is 4.79 Å². The predicted octanol–water partition coefficient (Wildman–Crippen LogP) is 4.06. The number of benzene rings is 2. The summed E-state index contributed by atoms with van der Waals surface area (Å²) in [7, 11) is 1.60. The molecule has 0 aliphatic heterocycles. The summed E-state index contributed by atoms with van der Waals surface area (Å²) in [5, 5.41) is 0.817. The fraction of sp³-hybridized carbons (Fsp3) is 0.118. The molecule has 3 rings (SSSR count). The lowest BCUT2D eigenvalue weighted by Crippen LogP contribution is -2.28. The lowest BCUT2D eigenvalue weighted by atomic mass is 10.2. The number of anilines is 1. The van der Waals surface area contributed by atoms with Crippen molar-refractivity contribution in [2.24, 2.45) is 0 Å². The summed E-state index contributed by atoms with van der Waals surface area (Å²) in [6, 6.07) is 16.8. The van der Waals surface area contributed by atoms with E-state index in [2.05, 4.69) is 9.97 Å². The quantitative estimate of drug-likeness (QED) is 0.681. The van der Waals surface area contributed by atoms with Gasteiger partial charge in [0.2, 0.25) is 5.28 Å². The highest BCUT2D eigenvalue weighted by atomic mass is 35.5. The van der Waals surface area contributed by atoms with Crippen molar-refractivity contribution in [3.05, 3.63) is 65.4 Å². The van der Waals surface area contributed by atoms with Crippen molar-refractivity contribution in [3.8, 4) is 0 Å². The summed E-state index contributed by atoms with van der Waals surface area (Å²) < 4.78 is 5.32. The zero-order chi connectivity index (χ0) is 16.2. The van der Waals surface area contributed by atoms with Crippen LogP contribution in [0.25, 0.3) is 10.9 Å². The Kier molecular flexibility index (Phi) is 4.39. The first-order valence-corrected chi connectivity index (χ1v) is 7.39. The van der Waals surface area contributed by atoms with E-state index in [1.807, 2.05) is 54.6 Å². The topological polar surface area (TPSA) is 55.3 Å². The van der Waals surface area contributed by atoms with Gasteiger partial charge in [0.25, 0.3) is 0 Å². The molecular weight excluding hydrogens is 314 g/mol. The van der Waals surface area contributed by atoms with Crippen LogP contribution in [0.3, 0.4) is 0 Å². The summed E-state index contributed by atoms with van der Waals surface area (Å²) in [5.74, 6) is 0.415. The van der Waals surface area contributed by atoms with E-state index in [0.717, 1.165) is 10.9 Å². The third-order valence-corrected chi connectivity index (χ3v) is 3.52. The SMILES string of the molecule is CN(C(=O)OCc1ccccc1)c1nc(Cl)nc2ccccc12. The molecule has 0 atom stereocenters. The maximum absolute atomic E-state index is 12.3. The summed E-state index contributed by atoms with van der Waals surface area (Å²) in [5.41, 5.74) is 1.59. The normalized spacial score (nSPS) is 10.5. The number of amides is 1. The van der Waals surface area contributed by atoms with Gasteiger partial charge in [0.1, 0.15) is 6.61 Å². The van der Waals surface area contributed by atoms with Gasteiger partial charge in [-0.1, -0.05) is 42.5 Å². The first-order chi connectivity index (χ1) is 11.1. The minimum absolute atomic E-state index is 0.0846. The molecule has 5 nitrogen and oxygen atoms in total. The van der Waals surface area contributed by atoms with Crippen LogP contribution in [0.15, 0.2) is 54.6 Å². The Hall–Kier alpha value is -2.66. The fourth-order valence-electron chi connectivity index (χ4n) is 2.19. The average molecular weight is 328 g/mol. The molecule has 2 aromatic carbocycles. The van der Waals surface area contributed by atoms with Crippen molar-refractivity contribution < 1.29 is 9.53 Å². The maximum Gasteiger partial charge on any atom is 0.415 e. The average Bonchev–Trinajstić information content (AvgIpc) is 2.59. The second-order valence-corrected chi connectivity index (χ2v) is 5.27. The molecule has 0 aliphatic carbocycles. The van der Waals surface area contributed by atoms with Gasteiger partial charge in [0.15, 0.2) is 5.82 Å². The molecule has 0 radical (unpaired) electrons. The molecule has 0 unspecified atom stereocenters. The van der Waals surface area contributed by atoms with Gasteiger partial charge in [-0.2, -0.15) is 4.98 Å². The second-order valence-electron chi connectivity index (χ2n) is 4.93. The van der Waals surface area contributed by atoms with E-state index in [4.69, 9.17) is 16.3 Å². The van der Waals surface area contributed by atoms with E-state index >= 15 is 0 Å². The smallest absolute Gasteiger partial charge is 0.415 e. The van der Waals surface area contributed by atoms with Crippen LogP contribution in [-0.4, -0.2) is 23.1 Å². The Morgan fingerprint density at radius 1 is 1.09 bits per heavy atom. The first kappa shape index (κ1) is 15.2. The van der Waals surface area contributed by atoms with Crippen LogP contribution in [0.5, 0.6) is 0 Å². The number of hydrogen-bond donors (Lipinski definition) is 0. The molecule has 0 bridgehead atoms. The molecule has 6 heteroatoms. The second kappa shape index (κ2) is 6.62. The van der Waals surface area contributed by atoms with Crippen molar-refractivity contribution in [1.29, 1.82) is 0 Å². The Balaban J connectivity index is 1.82. The lowest BCUT2D eigenvalue weighted by molar-refractivity contribution is 0.148. The third-order valence-electron chi connectivity index (χ3n) is 3.35. The van der Waals surface area contributed by atoms with Crippen LogP contribution in [0.2, 0.25) is 5.28 Å². The van der Waals surface area contributed by atoms with E-state index in [0.29, 0.717) is 11.3 Å². The number of aromatic nitrogens is 2. The number of carbonyl (C=O) groups is 1. The summed E-state index contributed by atoms with van der Waals surface area (Å²) in [6.45, 7) is 0.195. The molecule has 0 N–H and O–H groups in total. The first-order valence-electron chi connectivity index (χ1n) is 7.02. The highest BCUT2D eigenvalue weighted by molar-refractivity contribution is 6.29. The minimum atomic E-state index is -0.506. The molecule has 0 saturated carbocycles. The van der Waals surface area contributed by atoms with Gasteiger partial charge < -0.3 is 4.74 Å². The van der Waals surface area contributed by atoms with Crippen molar-refractivity contribution in [3.63, 3.8) is 0 Å². The van der Waals surface area contributed by atoms with Crippen LogP contribution in [0.4, 0.5) is 10.6 Å². The number of carbonyl (C=O) groups excluding carboxylic acids is 1. The van der Waals surface area contributed by atoms with E-state index < -0.39 is 6.09 Å². The Morgan fingerprint density at radius 3 is 2.57 bits per heavy atom. The Bertz CT molecular complexity index is 840. The highest BCUT2D eigenvalue weighted by Crippen LogP contribution is 2.25. The van der Waals surface area contributed by atoms with Gasteiger partial charge in [-0.25, -0.2) is 9.78 Å². The number of hydrogen-bond acceptors (Lipinski definition) is 4. The lowest BCUT2D eigenvalue weighted by Gasteiger charge is -2.18. The zero-order valence-corrected chi connectivity index (χ0v) is 13.2. The summed E-state index contributed by atoms with van der Waals surface area (Å²) >= 11 is 5.94. The van der Waals surface area contributed by atoms with Crippen molar-refractivity contribution in [2.45, 2.75) is 6.61 Å². The van der Waals surface area contributed by atoms with Crippen LogP contribution in [0, 0.1) is 0 Å². The molecule has 23 heavy (non-hydrogen) atoms. The van der Waals surface area contributed by atoms with E-state index in [-0.39, 0.29) is 11.9 Å². The molecule has 0 saturated heterocycles. The van der Waals surface area contributed by atoms with Crippen LogP contribution < -0.4 is 4.90 Å². The minimum Gasteiger partial charge on any atom is -0.444 e. The molecule has 1 amide bonds. The van der Waals surface area contributed by atoms with Crippen molar-refractivity contribution >= 4 is 34.4 Å². The van der Waals surface area contributed by atoms with Crippen molar-refractivity contribution in [1.82, 2.24) is 9.97 Å². The molecule has 0 spiro atoms. The number of fused-ring (bicyclic) bond motifs is 1. The number of halogens is 1. The summed E-state index contributed by atoms with van der Waals surface area (Å²) in [6.07, 6.45) is -0.506. The molecule has 1 heterocycles. The molecular formula is C17H14ClN3O2. The monoisotopic (exact) mass is 327 g/mol. The number of nitrogens with zero attached hydrogens (tertiary/aromatic N) is 3. The van der Waals surface area contributed by atoms with Gasteiger partial charge in [-0.05, 0) is 29.3 Å². The van der Waals surface area contributed by atoms with Crippen LogP contribution in [0.1, 0.15) is 5.56 Å². The van der Waals surface area contributed by atoms with Gasteiger partial charge in [-0.3, -0.25) is 4.90 Å². The molecule has 1 aromatic heterocycles. The Labute approximate surface area is 138 Å². The van der Waals surface area contributed by atoms with Gasteiger partial charge in [-0.15, -0.1) is 0 Å². The van der Waals surface area contributed by atoms with Crippen LogP contribution >= 0.6 is 11.6 Å². The van der Waals surface area contributed by atoms with Gasteiger partial charge >= 0.3 is 6.09 Å². The van der Waals surface area contributed by atoms with Gasteiger partial charge in [0, 0.05) is 12.4 Å². The van der Waals surface area contributed by atoms with Gasteiger partial charge in [0.05, 0.1) is 5.52 Å². The molecule has 3 aromatic rings. The van der Waals surface area contributed by atoms with Crippen molar-refractivity contribution in [2.75, 3.05) is 11.9 Å². The Morgan fingerprint density at radius 2 is 1.78 bits per heavy atom. The van der Waals surface area contributed by atoms with E-state index in [1.54, 1.807) is 7.05 Å². The van der Waals surface area contributed by atoms with E-state index in [1.165, 1.54) is 4.90 Å². The number of ether oxygens (including phenoxy) is 1.